The summed E-state index contributed by atoms with van der Waals surface area (Å²) in [4.78, 5) is 23.7. The summed E-state index contributed by atoms with van der Waals surface area (Å²) in [6.07, 6.45) is -1.17. The standard InChI is InChI=1S/C18H19ClN2O5.CH4/c1-10(22)16(18(24)21-25)20-17(23)12-5-3-11(4-6-12)13-7-8-15(26-2)14(19)9-13;/h3-10,16,22,25H,1-2H3,(H,20,23)(H,21,24);1H4/t10-,16+;/m1./s1. The SMILES string of the molecule is C.COc1ccc(-c2ccc(C(=O)N[C@H](C(=O)NO)[C@@H](C)O)cc2)cc1Cl. The molecule has 7 nitrogen and oxygen atoms in total. The van der Waals surface area contributed by atoms with Crippen LogP contribution in [0.25, 0.3) is 11.1 Å². The first-order chi connectivity index (χ1) is 12.4. The summed E-state index contributed by atoms with van der Waals surface area (Å²) >= 11 is 6.12. The third-order valence-corrected chi connectivity index (χ3v) is 4.09. The molecule has 8 heteroatoms. The maximum atomic E-state index is 12.2. The van der Waals surface area contributed by atoms with Crippen molar-refractivity contribution in [3.05, 3.63) is 53.1 Å². The van der Waals surface area contributed by atoms with Gasteiger partial charge in [0.25, 0.3) is 11.8 Å². The van der Waals surface area contributed by atoms with Gasteiger partial charge in [-0.1, -0.05) is 37.2 Å². The molecule has 2 rings (SSSR count). The molecule has 2 aromatic carbocycles. The molecule has 0 aliphatic rings. The second kappa shape index (κ2) is 9.91. The van der Waals surface area contributed by atoms with Gasteiger partial charge in [-0.05, 0) is 42.3 Å². The summed E-state index contributed by atoms with van der Waals surface area (Å²) in [6.45, 7) is 1.33. The van der Waals surface area contributed by atoms with Gasteiger partial charge in [0.15, 0.2) is 0 Å². The minimum atomic E-state index is -1.27. The van der Waals surface area contributed by atoms with E-state index in [2.05, 4.69) is 5.32 Å². The number of aliphatic hydroxyl groups is 1. The van der Waals surface area contributed by atoms with Crippen LogP contribution in [-0.4, -0.2) is 41.4 Å². The van der Waals surface area contributed by atoms with Crippen molar-refractivity contribution in [2.24, 2.45) is 0 Å². The zero-order chi connectivity index (χ0) is 19.3. The molecule has 0 unspecified atom stereocenters. The number of aliphatic hydroxyl groups excluding tert-OH is 1. The molecule has 2 amide bonds. The Hall–Kier alpha value is -2.61. The smallest absolute Gasteiger partial charge is 0.268 e. The number of hydroxylamine groups is 1. The van der Waals surface area contributed by atoms with Gasteiger partial charge in [0.1, 0.15) is 11.8 Å². The van der Waals surface area contributed by atoms with Crippen molar-refractivity contribution in [1.82, 2.24) is 10.8 Å². The predicted molar refractivity (Wildman–Crippen MR) is 103 cm³/mol. The van der Waals surface area contributed by atoms with E-state index in [9.17, 15) is 14.7 Å². The fourth-order valence-corrected chi connectivity index (χ4v) is 2.62. The number of hydrogen-bond donors (Lipinski definition) is 4. The van der Waals surface area contributed by atoms with Gasteiger partial charge in [0, 0.05) is 5.56 Å². The van der Waals surface area contributed by atoms with Gasteiger partial charge in [-0.2, -0.15) is 0 Å². The van der Waals surface area contributed by atoms with E-state index < -0.39 is 24.0 Å². The van der Waals surface area contributed by atoms with E-state index >= 15 is 0 Å². The number of benzene rings is 2. The topological polar surface area (TPSA) is 108 Å². The summed E-state index contributed by atoms with van der Waals surface area (Å²) in [5.74, 6) is -0.894. The van der Waals surface area contributed by atoms with Crippen molar-refractivity contribution in [1.29, 1.82) is 0 Å². The van der Waals surface area contributed by atoms with Crippen LogP contribution in [0.3, 0.4) is 0 Å². The molecule has 4 N–H and O–H groups in total. The lowest BCUT2D eigenvalue weighted by Gasteiger charge is -2.19. The zero-order valence-electron chi connectivity index (χ0n) is 14.2. The zero-order valence-corrected chi connectivity index (χ0v) is 14.9. The maximum absolute atomic E-state index is 12.2. The van der Waals surface area contributed by atoms with E-state index in [1.165, 1.54) is 19.5 Å². The van der Waals surface area contributed by atoms with E-state index in [1.54, 1.807) is 36.4 Å². The van der Waals surface area contributed by atoms with Crippen LogP contribution >= 0.6 is 11.6 Å². The van der Waals surface area contributed by atoms with Crippen molar-refractivity contribution >= 4 is 23.4 Å². The van der Waals surface area contributed by atoms with Crippen LogP contribution in [0.4, 0.5) is 0 Å². The molecule has 0 saturated carbocycles. The van der Waals surface area contributed by atoms with Gasteiger partial charge in [0.2, 0.25) is 0 Å². The second-order valence-electron chi connectivity index (χ2n) is 5.59. The van der Waals surface area contributed by atoms with Gasteiger partial charge >= 0.3 is 0 Å². The monoisotopic (exact) mass is 394 g/mol. The van der Waals surface area contributed by atoms with Gasteiger partial charge < -0.3 is 15.2 Å². The Kier molecular flexibility index (Phi) is 8.24. The Balaban J connectivity index is 0.00000364. The highest BCUT2D eigenvalue weighted by Gasteiger charge is 2.25. The van der Waals surface area contributed by atoms with Crippen molar-refractivity contribution in [2.45, 2.75) is 26.5 Å². The van der Waals surface area contributed by atoms with Crippen LogP contribution in [0.1, 0.15) is 24.7 Å². The minimum Gasteiger partial charge on any atom is -0.495 e. The van der Waals surface area contributed by atoms with Crippen molar-refractivity contribution in [3.8, 4) is 16.9 Å². The summed E-state index contributed by atoms with van der Waals surface area (Å²) in [5.41, 5.74) is 3.40. The Bertz CT molecular complexity index is 793. The molecule has 0 aromatic heterocycles. The number of carbonyl (C=O) groups is 2. The summed E-state index contributed by atoms with van der Waals surface area (Å²) < 4.78 is 5.12. The molecule has 0 fully saturated rings. The van der Waals surface area contributed by atoms with Crippen LogP contribution < -0.4 is 15.5 Å². The number of rotatable bonds is 6. The fraction of sp³-hybridized carbons (Fsp3) is 0.263. The molecule has 146 valence electrons. The summed E-state index contributed by atoms with van der Waals surface area (Å²) in [6, 6.07) is 10.7. The molecule has 2 atom stereocenters. The van der Waals surface area contributed by atoms with Crippen molar-refractivity contribution in [2.75, 3.05) is 7.11 Å². The van der Waals surface area contributed by atoms with E-state index in [0.29, 0.717) is 16.3 Å². The quantitative estimate of drug-likeness (QED) is 0.445. The van der Waals surface area contributed by atoms with Gasteiger partial charge in [-0.25, -0.2) is 5.48 Å². The van der Waals surface area contributed by atoms with Gasteiger partial charge in [-0.15, -0.1) is 0 Å². The molecule has 0 radical (unpaired) electrons. The maximum Gasteiger partial charge on any atom is 0.268 e. The largest absolute Gasteiger partial charge is 0.495 e. The predicted octanol–water partition coefficient (Wildman–Crippen LogP) is 2.64. The Morgan fingerprint density at radius 3 is 2.19 bits per heavy atom. The second-order valence-corrected chi connectivity index (χ2v) is 6.00. The molecule has 0 aliphatic heterocycles. The van der Waals surface area contributed by atoms with E-state index in [0.717, 1.165) is 11.1 Å². The number of halogens is 1. The highest BCUT2D eigenvalue weighted by molar-refractivity contribution is 6.32. The van der Waals surface area contributed by atoms with Gasteiger partial charge in [-0.3, -0.25) is 14.8 Å². The Morgan fingerprint density at radius 2 is 1.70 bits per heavy atom. The molecule has 0 aliphatic carbocycles. The van der Waals surface area contributed by atoms with Crippen LogP contribution in [0, 0.1) is 0 Å². The highest BCUT2D eigenvalue weighted by Crippen LogP contribution is 2.30. The van der Waals surface area contributed by atoms with Crippen molar-refractivity contribution in [3.63, 3.8) is 0 Å². The molecular formula is C19H23ClN2O5. The van der Waals surface area contributed by atoms with Crippen LogP contribution in [0.15, 0.2) is 42.5 Å². The van der Waals surface area contributed by atoms with Crippen molar-refractivity contribution < 1.29 is 24.6 Å². The first kappa shape index (κ1) is 22.4. The lowest BCUT2D eigenvalue weighted by molar-refractivity contribution is -0.133. The number of nitrogens with one attached hydrogen (secondary N) is 2. The first-order valence-electron chi connectivity index (χ1n) is 7.74. The average Bonchev–Trinajstić information content (AvgIpc) is 2.65. The number of methoxy groups -OCH3 is 1. The number of ether oxygens (including phenoxy) is 1. The Morgan fingerprint density at radius 1 is 1.11 bits per heavy atom. The Labute approximate surface area is 162 Å². The third kappa shape index (κ3) is 5.43. The van der Waals surface area contributed by atoms with Crippen LogP contribution in [-0.2, 0) is 4.79 Å². The molecule has 27 heavy (non-hydrogen) atoms. The molecular weight excluding hydrogens is 372 g/mol. The van der Waals surface area contributed by atoms with E-state index in [4.69, 9.17) is 21.5 Å². The fourth-order valence-electron chi connectivity index (χ4n) is 2.36. The number of carbonyl (C=O) groups excluding carboxylic acids is 2. The molecule has 0 saturated heterocycles. The van der Waals surface area contributed by atoms with Crippen LogP contribution in [0.2, 0.25) is 5.02 Å². The lowest BCUT2D eigenvalue weighted by atomic mass is 10.0. The molecule has 0 bridgehead atoms. The molecule has 2 aromatic rings. The minimum absolute atomic E-state index is 0. The lowest BCUT2D eigenvalue weighted by Crippen LogP contribution is -2.51. The first-order valence-corrected chi connectivity index (χ1v) is 8.12. The normalized spacial score (nSPS) is 12.3. The summed E-state index contributed by atoms with van der Waals surface area (Å²) in [5, 5.41) is 21.1. The molecule has 0 spiro atoms. The van der Waals surface area contributed by atoms with E-state index in [1.807, 2.05) is 6.07 Å². The van der Waals surface area contributed by atoms with Gasteiger partial charge in [0.05, 0.1) is 18.2 Å². The van der Waals surface area contributed by atoms with Crippen LogP contribution in [0.5, 0.6) is 5.75 Å². The summed E-state index contributed by atoms with van der Waals surface area (Å²) in [7, 11) is 1.53. The third-order valence-electron chi connectivity index (χ3n) is 3.79. The molecule has 0 heterocycles. The average molecular weight is 395 g/mol. The highest BCUT2D eigenvalue weighted by atomic mass is 35.5. The van der Waals surface area contributed by atoms with E-state index in [-0.39, 0.29) is 7.43 Å². The number of hydrogen-bond acceptors (Lipinski definition) is 5. The number of amides is 2.